The van der Waals surface area contributed by atoms with Gasteiger partial charge in [0.15, 0.2) is 0 Å². The maximum absolute atomic E-state index is 13.0. The van der Waals surface area contributed by atoms with Gasteiger partial charge in [-0.05, 0) is 12.1 Å². The Balaban J connectivity index is 1.67. The van der Waals surface area contributed by atoms with Crippen LogP contribution in [0.4, 0.5) is 4.39 Å². The van der Waals surface area contributed by atoms with Crippen LogP contribution in [0.2, 0.25) is 0 Å². The highest BCUT2D eigenvalue weighted by atomic mass is 19.1. The molecule has 0 saturated carbocycles. The van der Waals surface area contributed by atoms with Crippen molar-refractivity contribution >= 4 is 0 Å². The van der Waals surface area contributed by atoms with Crippen LogP contribution in [0.3, 0.4) is 0 Å². The summed E-state index contributed by atoms with van der Waals surface area (Å²) in [6.45, 7) is 5.88. The van der Waals surface area contributed by atoms with Crippen LogP contribution in [0.15, 0.2) is 24.3 Å². The molecule has 0 spiro atoms. The van der Waals surface area contributed by atoms with E-state index in [4.69, 9.17) is 9.84 Å². The summed E-state index contributed by atoms with van der Waals surface area (Å²) in [5, 5.41) is 18.9. The Morgan fingerprint density at radius 2 is 1.90 bits per heavy atom. The van der Waals surface area contributed by atoms with Crippen molar-refractivity contribution in [2.75, 3.05) is 52.5 Å². The second-order valence-corrected chi connectivity index (χ2v) is 5.60. The molecule has 0 bridgehead atoms. The van der Waals surface area contributed by atoms with E-state index in [1.54, 1.807) is 12.1 Å². The molecule has 1 aliphatic rings. The van der Waals surface area contributed by atoms with Crippen molar-refractivity contribution in [3.63, 3.8) is 0 Å². The minimum absolute atomic E-state index is 0.181. The highest BCUT2D eigenvalue weighted by molar-refractivity contribution is 5.22. The van der Waals surface area contributed by atoms with Crippen molar-refractivity contribution in [3.8, 4) is 5.75 Å². The quantitative estimate of drug-likeness (QED) is 0.445. The molecule has 0 aliphatic carbocycles. The number of hydrogen-bond donors (Lipinski definition) is 4. The Kier molecular flexibility index (Phi) is 6.38. The monoisotopic (exact) mass is 300 g/mol. The molecule has 0 aromatic heterocycles. The van der Waals surface area contributed by atoms with Gasteiger partial charge in [0.05, 0.1) is 6.61 Å². The van der Waals surface area contributed by atoms with Crippen molar-refractivity contribution in [1.29, 1.82) is 0 Å². The highest BCUT2D eigenvalue weighted by Crippen LogP contribution is 2.11. The van der Waals surface area contributed by atoms with Gasteiger partial charge in [-0.1, -0.05) is 6.07 Å². The third kappa shape index (κ3) is 5.59. The van der Waals surface area contributed by atoms with Crippen LogP contribution in [0.1, 0.15) is 0 Å². The van der Waals surface area contributed by atoms with E-state index >= 15 is 0 Å². The Morgan fingerprint density at radius 3 is 2.57 bits per heavy atom. The van der Waals surface area contributed by atoms with E-state index in [0.717, 1.165) is 32.7 Å². The number of hydrogen-bond acceptors (Lipinski definition) is 3. The van der Waals surface area contributed by atoms with Gasteiger partial charge in [0.1, 0.15) is 63.5 Å². The van der Waals surface area contributed by atoms with Gasteiger partial charge in [0, 0.05) is 6.07 Å². The molecular formula is C15H25FN2O3+2. The molecule has 1 heterocycles. The minimum Gasteiger partial charge on any atom is -0.491 e. The summed E-state index contributed by atoms with van der Waals surface area (Å²) < 4.78 is 18.4. The average molecular weight is 300 g/mol. The molecule has 0 unspecified atom stereocenters. The number of aliphatic hydroxyl groups is 2. The number of rotatable bonds is 7. The van der Waals surface area contributed by atoms with Crippen LogP contribution in [0.25, 0.3) is 0 Å². The number of ether oxygens (including phenoxy) is 1. The molecule has 118 valence electrons. The minimum atomic E-state index is -0.553. The molecule has 1 aromatic carbocycles. The van der Waals surface area contributed by atoms with Gasteiger partial charge in [-0.15, -0.1) is 0 Å². The largest absolute Gasteiger partial charge is 0.491 e. The molecule has 1 atom stereocenters. The predicted molar refractivity (Wildman–Crippen MR) is 76.1 cm³/mol. The number of benzene rings is 1. The molecule has 1 saturated heterocycles. The first-order valence-electron chi connectivity index (χ1n) is 7.52. The van der Waals surface area contributed by atoms with E-state index in [0.29, 0.717) is 12.3 Å². The predicted octanol–water partition coefficient (Wildman–Crippen LogP) is -2.66. The fraction of sp³-hybridized carbons (Fsp3) is 0.600. The van der Waals surface area contributed by atoms with Crippen LogP contribution in [0.5, 0.6) is 5.75 Å². The zero-order valence-electron chi connectivity index (χ0n) is 12.2. The lowest BCUT2D eigenvalue weighted by atomic mass is 10.2. The molecule has 2 rings (SSSR count). The number of nitrogens with one attached hydrogen (secondary N) is 2. The van der Waals surface area contributed by atoms with E-state index < -0.39 is 6.10 Å². The molecule has 6 heteroatoms. The van der Waals surface area contributed by atoms with Gasteiger partial charge in [0.25, 0.3) is 0 Å². The molecule has 0 radical (unpaired) electrons. The van der Waals surface area contributed by atoms with Crippen molar-refractivity contribution < 1.29 is 29.1 Å². The first-order valence-corrected chi connectivity index (χ1v) is 7.52. The van der Waals surface area contributed by atoms with Gasteiger partial charge in [-0.2, -0.15) is 0 Å². The van der Waals surface area contributed by atoms with Crippen LogP contribution in [-0.4, -0.2) is 68.8 Å². The van der Waals surface area contributed by atoms with Crippen molar-refractivity contribution in [2.24, 2.45) is 0 Å². The van der Waals surface area contributed by atoms with E-state index in [1.165, 1.54) is 21.9 Å². The fourth-order valence-electron chi connectivity index (χ4n) is 2.71. The van der Waals surface area contributed by atoms with Crippen molar-refractivity contribution in [2.45, 2.75) is 6.10 Å². The smallest absolute Gasteiger partial charge is 0.137 e. The number of halogens is 1. The van der Waals surface area contributed by atoms with Gasteiger partial charge in [-0.3, -0.25) is 0 Å². The van der Waals surface area contributed by atoms with Crippen LogP contribution < -0.4 is 14.5 Å². The third-order valence-electron chi connectivity index (χ3n) is 3.89. The second-order valence-electron chi connectivity index (χ2n) is 5.60. The van der Waals surface area contributed by atoms with Crippen molar-refractivity contribution in [1.82, 2.24) is 0 Å². The summed E-state index contributed by atoms with van der Waals surface area (Å²) in [6.07, 6.45) is -0.553. The van der Waals surface area contributed by atoms with Gasteiger partial charge >= 0.3 is 0 Å². The number of quaternary nitrogens is 2. The van der Waals surface area contributed by atoms with Gasteiger partial charge < -0.3 is 24.7 Å². The fourth-order valence-corrected chi connectivity index (χ4v) is 2.71. The van der Waals surface area contributed by atoms with E-state index in [-0.39, 0.29) is 19.0 Å². The molecule has 1 fully saturated rings. The van der Waals surface area contributed by atoms with Gasteiger partial charge in [-0.25, -0.2) is 4.39 Å². The highest BCUT2D eigenvalue weighted by Gasteiger charge is 2.24. The molecular weight excluding hydrogens is 275 g/mol. The molecule has 4 N–H and O–H groups in total. The van der Waals surface area contributed by atoms with Gasteiger partial charge in [0.2, 0.25) is 0 Å². The second kappa shape index (κ2) is 8.29. The average Bonchev–Trinajstić information content (AvgIpc) is 2.48. The van der Waals surface area contributed by atoms with Crippen LogP contribution in [0, 0.1) is 5.82 Å². The number of piperazine rings is 1. The Labute approximate surface area is 124 Å². The van der Waals surface area contributed by atoms with E-state index in [9.17, 15) is 9.50 Å². The molecule has 1 aliphatic heterocycles. The summed E-state index contributed by atoms with van der Waals surface area (Å²) in [6, 6.07) is 5.95. The third-order valence-corrected chi connectivity index (χ3v) is 3.89. The number of aliphatic hydroxyl groups excluding tert-OH is 2. The molecule has 5 nitrogen and oxygen atoms in total. The summed E-state index contributed by atoms with van der Waals surface area (Å²) in [4.78, 5) is 2.78. The Bertz CT molecular complexity index is 425. The maximum Gasteiger partial charge on any atom is 0.137 e. The lowest BCUT2D eigenvalue weighted by Gasteiger charge is -2.30. The molecule has 0 amide bonds. The SMILES string of the molecule is OCC[NH+]1CC[NH+](C[C@H](O)COc2cccc(F)c2)CC1. The summed E-state index contributed by atoms with van der Waals surface area (Å²) >= 11 is 0. The normalized spacial score (nSPS) is 23.8. The zero-order valence-corrected chi connectivity index (χ0v) is 12.2. The van der Waals surface area contributed by atoms with E-state index in [1.807, 2.05) is 0 Å². The standard InChI is InChI=1S/C15H23FN2O3/c16-13-2-1-3-15(10-13)21-12-14(20)11-18-6-4-17(5-7-18)8-9-19/h1-3,10,14,19-20H,4-9,11-12H2/p+2/t14-/m0/s1. The van der Waals surface area contributed by atoms with Crippen LogP contribution in [-0.2, 0) is 0 Å². The van der Waals surface area contributed by atoms with Crippen LogP contribution >= 0.6 is 0 Å². The maximum atomic E-state index is 13.0. The lowest BCUT2D eigenvalue weighted by Crippen LogP contribution is -3.28. The van der Waals surface area contributed by atoms with Crippen molar-refractivity contribution in [3.05, 3.63) is 30.1 Å². The Morgan fingerprint density at radius 1 is 1.19 bits per heavy atom. The Hall–Kier alpha value is -1.21. The topological polar surface area (TPSA) is 58.6 Å². The summed E-state index contributed by atoms with van der Waals surface area (Å²) in [7, 11) is 0. The summed E-state index contributed by atoms with van der Waals surface area (Å²) in [5.41, 5.74) is 0. The molecule has 1 aromatic rings. The first-order chi connectivity index (χ1) is 10.2. The summed E-state index contributed by atoms with van der Waals surface area (Å²) in [5.74, 6) is 0.108. The molecule has 21 heavy (non-hydrogen) atoms. The zero-order chi connectivity index (χ0) is 15.1. The lowest BCUT2D eigenvalue weighted by molar-refractivity contribution is -1.01. The van der Waals surface area contributed by atoms with E-state index in [2.05, 4.69) is 0 Å². The first kappa shape index (κ1) is 16.2.